The molecule has 12 heavy (non-hydrogen) atoms. The molecule has 3 amide bonds. The first-order valence-electron chi connectivity index (χ1n) is 3.33. The Labute approximate surface area is 69.4 Å². The maximum atomic E-state index is 10.1. The van der Waals surface area contributed by atoms with E-state index in [0.29, 0.717) is 13.0 Å². The summed E-state index contributed by atoms with van der Waals surface area (Å²) in [5, 5.41) is 0. The Bertz CT molecular complexity index is 143. The molecule has 0 aromatic carbocycles. The van der Waals surface area contributed by atoms with Crippen molar-refractivity contribution >= 4 is 12.1 Å². The van der Waals surface area contributed by atoms with Crippen molar-refractivity contribution in [1.29, 1.82) is 0 Å². The van der Waals surface area contributed by atoms with Gasteiger partial charge in [-0.15, -0.1) is 0 Å². The lowest BCUT2D eigenvalue weighted by molar-refractivity contribution is 0.154. The van der Waals surface area contributed by atoms with Crippen molar-refractivity contribution in [3.8, 4) is 0 Å². The minimum atomic E-state index is -0.808. The summed E-state index contributed by atoms with van der Waals surface area (Å²) in [6, 6.07) is -0.661. The molecule has 0 spiro atoms. The molecule has 0 bridgehead atoms. The Morgan fingerprint density at radius 2 is 2.00 bits per heavy atom. The number of hydrogen-bond donors (Lipinski definition) is 4. The maximum Gasteiger partial charge on any atom is 0.404 e. The van der Waals surface area contributed by atoms with Gasteiger partial charge in [-0.2, -0.15) is 0 Å². The Morgan fingerprint density at radius 3 is 2.50 bits per heavy atom. The van der Waals surface area contributed by atoms with Crippen LogP contribution in [0.4, 0.5) is 9.59 Å². The van der Waals surface area contributed by atoms with Gasteiger partial charge >= 0.3 is 12.1 Å². The smallest absolute Gasteiger partial charge is 0.404 e. The van der Waals surface area contributed by atoms with Gasteiger partial charge in [0, 0.05) is 6.54 Å². The van der Waals surface area contributed by atoms with Crippen molar-refractivity contribution in [3.63, 3.8) is 0 Å². The number of nitrogens with two attached hydrogens (primary N) is 2. The third kappa shape index (κ3) is 8.50. The first-order chi connectivity index (χ1) is 5.63. The van der Waals surface area contributed by atoms with Gasteiger partial charge in [-0.05, 0) is 6.42 Å². The number of hydrogen-bond acceptors (Lipinski definition) is 4. The Morgan fingerprint density at radius 1 is 1.33 bits per heavy atom. The van der Waals surface area contributed by atoms with E-state index in [1.165, 1.54) is 0 Å². The molecular formula is C5H12N4O3. The Kier molecular flexibility index (Phi) is 5.45. The Hall–Kier alpha value is -1.50. The summed E-state index contributed by atoms with van der Waals surface area (Å²) in [4.78, 5) is 20.1. The molecule has 70 valence electrons. The van der Waals surface area contributed by atoms with E-state index < -0.39 is 12.1 Å². The van der Waals surface area contributed by atoms with Gasteiger partial charge in [-0.3, -0.25) is 5.43 Å². The quantitative estimate of drug-likeness (QED) is 0.305. The summed E-state index contributed by atoms with van der Waals surface area (Å²) in [5.41, 5.74) is 14.1. The van der Waals surface area contributed by atoms with Gasteiger partial charge in [0.2, 0.25) is 0 Å². The van der Waals surface area contributed by atoms with Crippen molar-refractivity contribution < 1.29 is 14.3 Å². The number of nitrogens with one attached hydrogen (secondary N) is 2. The molecule has 0 radical (unpaired) electrons. The second kappa shape index (κ2) is 6.23. The van der Waals surface area contributed by atoms with E-state index in [4.69, 9.17) is 5.73 Å². The zero-order chi connectivity index (χ0) is 9.40. The highest BCUT2D eigenvalue weighted by Gasteiger charge is 1.93. The molecule has 0 aromatic heterocycles. The van der Waals surface area contributed by atoms with Crippen molar-refractivity contribution in [3.05, 3.63) is 0 Å². The summed E-state index contributed by atoms with van der Waals surface area (Å²) in [6.07, 6.45) is -0.263. The number of carbonyl (C=O) groups is 2. The van der Waals surface area contributed by atoms with Crippen LogP contribution in [0.25, 0.3) is 0 Å². The summed E-state index contributed by atoms with van der Waals surface area (Å²) in [7, 11) is 0. The van der Waals surface area contributed by atoms with Crippen LogP contribution in [0.2, 0.25) is 0 Å². The van der Waals surface area contributed by atoms with E-state index in [1.807, 2.05) is 0 Å². The fourth-order valence-corrected chi connectivity index (χ4v) is 0.483. The third-order valence-corrected chi connectivity index (χ3v) is 0.902. The highest BCUT2D eigenvalue weighted by molar-refractivity contribution is 5.70. The standard InChI is InChI=1S/C5H12N4O3/c6-4(10)9-8-2-1-3-12-5(7)11/h8H,1-3H2,(H2,7,11)(H3,6,9,10). The molecule has 0 aromatic rings. The van der Waals surface area contributed by atoms with Gasteiger partial charge in [0.05, 0.1) is 6.61 Å². The van der Waals surface area contributed by atoms with Crippen LogP contribution in [0.3, 0.4) is 0 Å². The topological polar surface area (TPSA) is 119 Å². The molecule has 6 N–H and O–H groups in total. The van der Waals surface area contributed by atoms with Crippen LogP contribution in [-0.2, 0) is 4.74 Å². The Balaban J connectivity index is 3.01. The molecule has 7 heteroatoms. The summed E-state index contributed by atoms with van der Waals surface area (Å²) in [5.74, 6) is 0. The zero-order valence-electron chi connectivity index (χ0n) is 6.50. The van der Waals surface area contributed by atoms with Gasteiger partial charge in [-0.25, -0.2) is 15.0 Å². The van der Waals surface area contributed by atoms with E-state index >= 15 is 0 Å². The average molecular weight is 176 g/mol. The van der Waals surface area contributed by atoms with Crippen LogP contribution in [-0.4, -0.2) is 25.3 Å². The van der Waals surface area contributed by atoms with Gasteiger partial charge in [0.15, 0.2) is 0 Å². The first-order valence-corrected chi connectivity index (χ1v) is 3.33. The molecule has 7 nitrogen and oxygen atoms in total. The maximum absolute atomic E-state index is 10.1. The molecule has 0 atom stereocenters. The molecule has 0 unspecified atom stereocenters. The van der Waals surface area contributed by atoms with E-state index in [9.17, 15) is 9.59 Å². The largest absolute Gasteiger partial charge is 0.450 e. The zero-order valence-corrected chi connectivity index (χ0v) is 6.50. The third-order valence-electron chi connectivity index (χ3n) is 0.902. The molecule has 0 saturated heterocycles. The van der Waals surface area contributed by atoms with Crippen LogP contribution >= 0.6 is 0 Å². The van der Waals surface area contributed by atoms with Gasteiger partial charge in [-0.1, -0.05) is 0 Å². The summed E-state index contributed by atoms with van der Waals surface area (Å²) >= 11 is 0. The molecule has 0 rings (SSSR count). The van der Waals surface area contributed by atoms with Crippen molar-refractivity contribution in [1.82, 2.24) is 10.9 Å². The molecule has 0 aliphatic carbocycles. The molecule has 0 fully saturated rings. The monoisotopic (exact) mass is 176 g/mol. The molecular weight excluding hydrogens is 164 g/mol. The molecule has 0 aliphatic rings. The lowest BCUT2D eigenvalue weighted by atomic mass is 10.5. The average Bonchev–Trinajstić information content (AvgIpc) is 1.95. The van der Waals surface area contributed by atoms with Crippen molar-refractivity contribution in [2.24, 2.45) is 11.5 Å². The minimum Gasteiger partial charge on any atom is -0.450 e. The van der Waals surface area contributed by atoms with Gasteiger partial charge in [0.1, 0.15) is 0 Å². The summed E-state index contributed by atoms with van der Waals surface area (Å²) in [6.45, 7) is 0.666. The van der Waals surface area contributed by atoms with Crippen LogP contribution in [0, 0.1) is 0 Å². The number of rotatable bonds is 5. The predicted molar refractivity (Wildman–Crippen MR) is 40.9 cm³/mol. The van der Waals surface area contributed by atoms with E-state index in [2.05, 4.69) is 21.3 Å². The summed E-state index contributed by atoms with van der Waals surface area (Å²) < 4.78 is 4.40. The fraction of sp³-hybridized carbons (Fsp3) is 0.600. The number of carbonyl (C=O) groups excluding carboxylic acids is 2. The first kappa shape index (κ1) is 10.5. The van der Waals surface area contributed by atoms with Crippen LogP contribution < -0.4 is 22.3 Å². The predicted octanol–water partition coefficient (Wildman–Crippen LogP) is -1.36. The lowest BCUT2D eigenvalue weighted by Gasteiger charge is -2.03. The van der Waals surface area contributed by atoms with Crippen LogP contribution in [0.1, 0.15) is 6.42 Å². The van der Waals surface area contributed by atoms with E-state index in [0.717, 1.165) is 0 Å². The highest BCUT2D eigenvalue weighted by atomic mass is 16.5. The van der Waals surface area contributed by atoms with Crippen LogP contribution in [0.15, 0.2) is 0 Å². The number of ether oxygens (including phenoxy) is 1. The van der Waals surface area contributed by atoms with E-state index in [1.54, 1.807) is 0 Å². The second-order valence-electron chi connectivity index (χ2n) is 1.94. The molecule has 0 heterocycles. The molecule has 0 saturated carbocycles. The minimum absolute atomic E-state index is 0.211. The normalized spacial score (nSPS) is 9.00. The van der Waals surface area contributed by atoms with Gasteiger partial charge in [0.25, 0.3) is 0 Å². The van der Waals surface area contributed by atoms with Gasteiger partial charge < -0.3 is 16.2 Å². The second-order valence-corrected chi connectivity index (χ2v) is 1.94. The van der Waals surface area contributed by atoms with E-state index in [-0.39, 0.29) is 6.61 Å². The SMILES string of the molecule is NC(=O)NNCCCOC(N)=O. The lowest BCUT2D eigenvalue weighted by Crippen LogP contribution is -2.41. The number of primary amides is 2. The highest BCUT2D eigenvalue weighted by Crippen LogP contribution is 1.78. The van der Waals surface area contributed by atoms with Crippen LogP contribution in [0.5, 0.6) is 0 Å². The molecule has 0 aliphatic heterocycles. The fourth-order valence-electron chi connectivity index (χ4n) is 0.483. The number of hydrazine groups is 1. The number of amides is 3. The van der Waals surface area contributed by atoms with Crippen molar-refractivity contribution in [2.75, 3.05) is 13.2 Å². The number of urea groups is 1. The van der Waals surface area contributed by atoms with Crippen molar-refractivity contribution in [2.45, 2.75) is 6.42 Å².